The van der Waals surface area contributed by atoms with Crippen molar-refractivity contribution in [2.45, 2.75) is 18.4 Å². The number of carbonyl (C=O) groups is 3. The van der Waals surface area contributed by atoms with Crippen molar-refractivity contribution in [2.75, 3.05) is 43.1 Å². The molecule has 35 heavy (non-hydrogen) atoms. The van der Waals surface area contributed by atoms with Crippen molar-refractivity contribution in [1.29, 1.82) is 0 Å². The Bertz CT molecular complexity index is 1120. The summed E-state index contributed by atoms with van der Waals surface area (Å²) < 4.78 is 0. The van der Waals surface area contributed by atoms with Crippen molar-refractivity contribution < 1.29 is 14.4 Å². The summed E-state index contributed by atoms with van der Waals surface area (Å²) in [4.78, 5) is 44.2. The first-order valence-corrected chi connectivity index (χ1v) is 12.1. The summed E-state index contributed by atoms with van der Waals surface area (Å²) in [6, 6.07) is 14.3. The maximum Gasteiger partial charge on any atom is 0.321 e. The van der Waals surface area contributed by atoms with Gasteiger partial charge in [0.25, 0.3) is 5.91 Å². The normalized spacial score (nSPS) is 17.0. The molecule has 0 saturated carbocycles. The summed E-state index contributed by atoms with van der Waals surface area (Å²) in [7, 11) is 0. The Morgan fingerprint density at radius 3 is 2.43 bits per heavy atom. The number of rotatable bonds is 6. The zero-order chi connectivity index (χ0) is 25.0. The molecular weight excluding hydrogens is 489 g/mol. The van der Waals surface area contributed by atoms with E-state index in [0.717, 1.165) is 5.69 Å². The largest absolute Gasteiger partial charge is 0.351 e. The van der Waals surface area contributed by atoms with Crippen LogP contribution in [0.25, 0.3) is 0 Å². The van der Waals surface area contributed by atoms with E-state index in [1.807, 2.05) is 30.3 Å². The van der Waals surface area contributed by atoms with E-state index >= 15 is 0 Å². The molecule has 1 spiro atoms. The van der Waals surface area contributed by atoms with E-state index in [0.29, 0.717) is 54.9 Å². The highest BCUT2D eigenvalue weighted by molar-refractivity contribution is 6.42. The Morgan fingerprint density at radius 1 is 1.06 bits per heavy atom. The second kappa shape index (κ2) is 10.6. The molecule has 4 rings (SSSR count). The molecule has 2 saturated heterocycles. The van der Waals surface area contributed by atoms with Crippen LogP contribution in [0.2, 0.25) is 10.0 Å². The highest BCUT2D eigenvalue weighted by Gasteiger charge is 2.54. The van der Waals surface area contributed by atoms with E-state index in [-0.39, 0.29) is 24.4 Å². The molecule has 2 fully saturated rings. The molecule has 2 aromatic rings. The van der Waals surface area contributed by atoms with Crippen LogP contribution in [0.15, 0.2) is 61.2 Å². The quantitative estimate of drug-likeness (QED) is 0.570. The monoisotopic (exact) mass is 515 g/mol. The maximum absolute atomic E-state index is 13.7. The van der Waals surface area contributed by atoms with Crippen molar-refractivity contribution >= 4 is 52.4 Å². The number of anilines is 2. The lowest BCUT2D eigenvalue weighted by Gasteiger charge is -2.43. The van der Waals surface area contributed by atoms with Crippen LogP contribution < -0.4 is 15.5 Å². The molecule has 8 nitrogen and oxygen atoms in total. The molecule has 0 radical (unpaired) electrons. The fourth-order valence-corrected chi connectivity index (χ4v) is 4.89. The van der Waals surface area contributed by atoms with Crippen molar-refractivity contribution in [2.24, 2.45) is 0 Å². The Hall–Kier alpha value is -3.23. The van der Waals surface area contributed by atoms with E-state index in [1.54, 1.807) is 34.1 Å². The summed E-state index contributed by atoms with van der Waals surface area (Å²) in [6.07, 6.45) is 2.49. The summed E-state index contributed by atoms with van der Waals surface area (Å²) in [6.45, 7) is 5.00. The molecule has 0 unspecified atom stereocenters. The fraction of sp³-hybridized carbons (Fsp3) is 0.320. The number of nitrogens with one attached hydrogen (secondary N) is 2. The molecular formula is C25H27Cl2N5O3. The van der Waals surface area contributed by atoms with Gasteiger partial charge in [-0.1, -0.05) is 47.5 Å². The molecule has 184 valence electrons. The molecule has 2 heterocycles. The van der Waals surface area contributed by atoms with Gasteiger partial charge in [0.1, 0.15) is 12.1 Å². The van der Waals surface area contributed by atoms with E-state index in [2.05, 4.69) is 22.1 Å². The van der Waals surface area contributed by atoms with Crippen molar-refractivity contribution in [1.82, 2.24) is 15.1 Å². The van der Waals surface area contributed by atoms with Gasteiger partial charge in [0.2, 0.25) is 5.91 Å². The van der Waals surface area contributed by atoms with Gasteiger partial charge >= 0.3 is 6.03 Å². The van der Waals surface area contributed by atoms with Crippen LogP contribution in [0.1, 0.15) is 12.8 Å². The Balaban J connectivity index is 1.49. The summed E-state index contributed by atoms with van der Waals surface area (Å²) in [5.74, 6) is -0.332. The number of benzene rings is 2. The van der Waals surface area contributed by atoms with E-state index in [9.17, 15) is 14.4 Å². The van der Waals surface area contributed by atoms with Crippen LogP contribution in [-0.4, -0.2) is 66.0 Å². The average molecular weight is 516 g/mol. The fourth-order valence-electron chi connectivity index (χ4n) is 4.59. The third-order valence-corrected chi connectivity index (χ3v) is 7.15. The maximum atomic E-state index is 13.7. The first kappa shape index (κ1) is 24.9. The second-order valence-electron chi connectivity index (χ2n) is 8.58. The molecule has 2 aliphatic rings. The topological polar surface area (TPSA) is 85.0 Å². The predicted molar refractivity (Wildman–Crippen MR) is 138 cm³/mol. The molecule has 2 N–H and O–H groups in total. The smallest absolute Gasteiger partial charge is 0.321 e. The minimum absolute atomic E-state index is 0.0285. The zero-order valence-electron chi connectivity index (χ0n) is 19.2. The lowest BCUT2D eigenvalue weighted by atomic mass is 9.85. The average Bonchev–Trinajstić information content (AvgIpc) is 3.12. The highest BCUT2D eigenvalue weighted by atomic mass is 35.5. The van der Waals surface area contributed by atoms with Crippen molar-refractivity contribution in [3.8, 4) is 0 Å². The van der Waals surface area contributed by atoms with E-state index in [4.69, 9.17) is 23.2 Å². The molecule has 2 aliphatic heterocycles. The van der Waals surface area contributed by atoms with Crippen LogP contribution in [0, 0.1) is 0 Å². The zero-order valence-corrected chi connectivity index (χ0v) is 20.7. The van der Waals surface area contributed by atoms with Gasteiger partial charge in [-0.05, 0) is 43.2 Å². The van der Waals surface area contributed by atoms with Gasteiger partial charge in [0, 0.05) is 31.0 Å². The predicted octanol–water partition coefficient (Wildman–Crippen LogP) is 3.97. The Morgan fingerprint density at radius 2 is 1.77 bits per heavy atom. The third-order valence-electron chi connectivity index (χ3n) is 6.41. The molecule has 2 aromatic carbocycles. The summed E-state index contributed by atoms with van der Waals surface area (Å²) in [5, 5.41) is 6.34. The first-order chi connectivity index (χ1) is 16.8. The lowest BCUT2D eigenvalue weighted by Crippen LogP contribution is -2.58. The van der Waals surface area contributed by atoms with Crippen molar-refractivity contribution in [3.63, 3.8) is 0 Å². The van der Waals surface area contributed by atoms with Crippen LogP contribution in [0.5, 0.6) is 0 Å². The first-order valence-electron chi connectivity index (χ1n) is 11.3. The van der Waals surface area contributed by atoms with Gasteiger partial charge in [-0.2, -0.15) is 0 Å². The van der Waals surface area contributed by atoms with Gasteiger partial charge in [-0.3, -0.25) is 9.59 Å². The van der Waals surface area contributed by atoms with E-state index in [1.165, 1.54) is 0 Å². The molecule has 4 amide bonds. The number of hydrogen-bond donors (Lipinski definition) is 2. The Kier molecular flexibility index (Phi) is 7.52. The number of para-hydroxylation sites is 1. The third kappa shape index (κ3) is 5.23. The number of carbonyl (C=O) groups excluding carboxylic acids is 3. The molecule has 0 aromatic heterocycles. The standard InChI is InChI=1S/C25H27Cl2N5O3/c1-2-12-28-22(33)16-31-17-32(19-6-4-3-5-7-19)25(23(31)34)10-13-30(14-11-25)24(35)29-18-8-9-20(26)21(27)15-18/h2-9,15H,1,10-14,16-17H2,(H,28,33)(H,29,35). The second-order valence-corrected chi connectivity index (χ2v) is 9.39. The molecule has 10 heteroatoms. The number of urea groups is 1. The van der Waals surface area contributed by atoms with Gasteiger partial charge in [-0.25, -0.2) is 4.79 Å². The van der Waals surface area contributed by atoms with Crippen LogP contribution in [0.3, 0.4) is 0 Å². The van der Waals surface area contributed by atoms with Gasteiger partial charge < -0.3 is 25.3 Å². The van der Waals surface area contributed by atoms with E-state index < -0.39 is 5.54 Å². The number of likely N-dealkylation sites (tertiary alicyclic amines) is 1. The lowest BCUT2D eigenvalue weighted by molar-refractivity contribution is -0.137. The molecule has 0 aliphatic carbocycles. The number of piperidine rings is 1. The summed E-state index contributed by atoms with van der Waals surface area (Å²) in [5.41, 5.74) is 0.633. The van der Waals surface area contributed by atoms with Crippen molar-refractivity contribution in [3.05, 3.63) is 71.2 Å². The highest BCUT2D eigenvalue weighted by Crippen LogP contribution is 2.39. The Labute approximate surface area is 214 Å². The number of halogens is 2. The SMILES string of the molecule is C=CCNC(=O)CN1CN(c2ccccc2)C2(CCN(C(=O)Nc3ccc(Cl)c(Cl)c3)CC2)C1=O. The summed E-state index contributed by atoms with van der Waals surface area (Å²) >= 11 is 12.0. The van der Waals surface area contributed by atoms with Gasteiger partial charge in [-0.15, -0.1) is 6.58 Å². The van der Waals surface area contributed by atoms with Crippen LogP contribution in [0.4, 0.5) is 16.2 Å². The van der Waals surface area contributed by atoms with Crippen LogP contribution in [-0.2, 0) is 9.59 Å². The van der Waals surface area contributed by atoms with Gasteiger partial charge in [0.15, 0.2) is 0 Å². The van der Waals surface area contributed by atoms with Gasteiger partial charge in [0.05, 0.1) is 16.7 Å². The van der Waals surface area contributed by atoms with Crippen LogP contribution >= 0.6 is 23.2 Å². The minimum Gasteiger partial charge on any atom is -0.351 e. The number of nitrogens with zero attached hydrogens (tertiary/aromatic N) is 3. The molecule has 0 atom stereocenters. The minimum atomic E-state index is -0.819. The molecule has 0 bridgehead atoms. The number of hydrogen-bond acceptors (Lipinski definition) is 4. The number of amides is 4.